The van der Waals surface area contributed by atoms with Gasteiger partial charge in [-0.05, 0) is 12.1 Å². The average Bonchev–Trinajstić information content (AvgIpc) is 3.12. The van der Waals surface area contributed by atoms with Crippen LogP contribution in [0, 0.1) is 0 Å². The molecule has 0 radical (unpaired) electrons. The molecule has 2 aromatic carbocycles. The molecule has 3 heterocycles. The van der Waals surface area contributed by atoms with Crippen LogP contribution < -0.4 is 11.2 Å². The molecule has 0 spiro atoms. The molecule has 0 bridgehead atoms. The Kier molecular flexibility index (Phi) is 3.67. The van der Waals surface area contributed by atoms with Crippen LogP contribution in [0.4, 0.5) is 0 Å². The van der Waals surface area contributed by atoms with Gasteiger partial charge in [0.1, 0.15) is 5.76 Å². The summed E-state index contributed by atoms with van der Waals surface area (Å²) < 4.78 is 6.83. The zero-order valence-electron chi connectivity index (χ0n) is 14.3. The lowest BCUT2D eigenvalue weighted by Crippen LogP contribution is -2.33. The molecule has 28 heavy (non-hydrogen) atoms. The van der Waals surface area contributed by atoms with E-state index in [1.54, 1.807) is 30.5 Å². The number of benzene rings is 2. The maximum atomic E-state index is 13.1. The molecule has 5 aromatic rings. The average molecular weight is 390 g/mol. The van der Waals surface area contributed by atoms with Gasteiger partial charge in [0.2, 0.25) is 5.58 Å². The summed E-state index contributed by atoms with van der Waals surface area (Å²) in [6.07, 6.45) is 3.17. The van der Waals surface area contributed by atoms with Crippen molar-refractivity contribution in [3.8, 4) is 17.0 Å². The maximum absolute atomic E-state index is 13.1. The van der Waals surface area contributed by atoms with E-state index in [4.69, 9.17) is 16.0 Å². The summed E-state index contributed by atoms with van der Waals surface area (Å²) in [6.45, 7) is 0. The van der Waals surface area contributed by atoms with Crippen LogP contribution in [0.1, 0.15) is 0 Å². The zero-order valence-corrected chi connectivity index (χ0v) is 15.1. The van der Waals surface area contributed by atoms with E-state index in [1.807, 2.05) is 30.3 Å². The summed E-state index contributed by atoms with van der Waals surface area (Å²) >= 11 is 6.23. The zero-order chi connectivity index (χ0) is 19.3. The summed E-state index contributed by atoms with van der Waals surface area (Å²) in [4.78, 5) is 32.7. The summed E-state index contributed by atoms with van der Waals surface area (Å²) in [5.41, 5.74) is 0.259. The van der Waals surface area contributed by atoms with Gasteiger partial charge < -0.3 is 9.40 Å². The van der Waals surface area contributed by atoms with Crippen molar-refractivity contribution in [3.63, 3.8) is 0 Å². The summed E-state index contributed by atoms with van der Waals surface area (Å²) in [7, 11) is 0. The Morgan fingerprint density at radius 1 is 1.00 bits per heavy atom. The van der Waals surface area contributed by atoms with Crippen molar-refractivity contribution in [2.45, 2.75) is 0 Å². The Balaban J connectivity index is 1.81. The number of fused-ring (bicyclic) bond motifs is 2. The third-order valence-electron chi connectivity index (χ3n) is 4.60. The minimum Gasteiger partial charge on any atom is -0.449 e. The van der Waals surface area contributed by atoms with Crippen molar-refractivity contribution >= 4 is 33.5 Å². The highest BCUT2D eigenvalue weighted by Gasteiger charge is 2.17. The number of aromatic nitrogens is 3. The summed E-state index contributed by atoms with van der Waals surface area (Å²) in [6, 6.07) is 16.1. The van der Waals surface area contributed by atoms with Gasteiger partial charge in [0, 0.05) is 28.6 Å². The molecule has 0 fully saturated rings. The van der Waals surface area contributed by atoms with Gasteiger partial charge in [0.25, 0.3) is 0 Å². The summed E-state index contributed by atoms with van der Waals surface area (Å²) in [5.74, 6) is 0.405. The molecule has 5 rings (SSSR count). The molecule has 0 aliphatic carbocycles. The van der Waals surface area contributed by atoms with Gasteiger partial charge >= 0.3 is 11.2 Å². The predicted molar refractivity (Wildman–Crippen MR) is 108 cm³/mol. The Morgan fingerprint density at radius 2 is 1.79 bits per heavy atom. The first kappa shape index (κ1) is 16.5. The molecular formula is C21H12ClN3O3. The lowest BCUT2D eigenvalue weighted by Gasteiger charge is -2.07. The van der Waals surface area contributed by atoms with E-state index >= 15 is 0 Å². The highest BCUT2D eigenvalue weighted by Crippen LogP contribution is 2.30. The normalized spacial score (nSPS) is 11.3. The fourth-order valence-corrected chi connectivity index (χ4v) is 3.53. The monoisotopic (exact) mass is 389 g/mol. The largest absolute Gasteiger partial charge is 0.449 e. The van der Waals surface area contributed by atoms with Crippen molar-refractivity contribution in [2.24, 2.45) is 0 Å². The molecule has 0 atom stereocenters. The van der Waals surface area contributed by atoms with Crippen molar-refractivity contribution in [3.05, 3.63) is 92.9 Å². The van der Waals surface area contributed by atoms with E-state index in [0.717, 1.165) is 15.3 Å². The summed E-state index contributed by atoms with van der Waals surface area (Å²) in [5, 5.41) is 2.05. The van der Waals surface area contributed by atoms with E-state index in [2.05, 4.69) is 9.97 Å². The van der Waals surface area contributed by atoms with Gasteiger partial charge in [0.05, 0.1) is 22.4 Å². The number of hydrogen-bond acceptors (Lipinski definition) is 4. The lowest BCUT2D eigenvalue weighted by molar-refractivity contribution is 0.620. The Morgan fingerprint density at radius 3 is 2.64 bits per heavy atom. The van der Waals surface area contributed by atoms with Crippen molar-refractivity contribution in [1.29, 1.82) is 0 Å². The fourth-order valence-electron chi connectivity index (χ4n) is 3.30. The Hall–Kier alpha value is -3.64. The Labute approximate surface area is 162 Å². The minimum atomic E-state index is -0.567. The first-order valence-corrected chi connectivity index (χ1v) is 8.88. The molecule has 0 aliphatic heterocycles. The smallest absolute Gasteiger partial charge is 0.333 e. The minimum absolute atomic E-state index is 0.0439. The standard InChI is InChI=1S/C21H12ClN3O3/c22-15-8-4-3-7-14(15)18-9-16-19(28-18)20(26)25(21(27)24-16)17-11-23-10-12-5-1-2-6-13(12)17/h1-11H,(H,24,27). The number of furan rings is 1. The highest BCUT2D eigenvalue weighted by molar-refractivity contribution is 6.33. The second-order valence-corrected chi connectivity index (χ2v) is 6.69. The first-order valence-electron chi connectivity index (χ1n) is 8.50. The van der Waals surface area contributed by atoms with Gasteiger partial charge in [-0.25, -0.2) is 9.36 Å². The fraction of sp³-hybridized carbons (Fsp3) is 0. The molecule has 0 saturated carbocycles. The van der Waals surface area contributed by atoms with E-state index in [9.17, 15) is 9.59 Å². The molecule has 0 aliphatic rings. The third kappa shape index (κ3) is 2.46. The van der Waals surface area contributed by atoms with Gasteiger partial charge in [-0.1, -0.05) is 48.0 Å². The molecular weight excluding hydrogens is 378 g/mol. The van der Waals surface area contributed by atoms with Gasteiger partial charge in [-0.3, -0.25) is 9.78 Å². The highest BCUT2D eigenvalue weighted by atomic mass is 35.5. The van der Waals surface area contributed by atoms with Gasteiger partial charge in [-0.2, -0.15) is 0 Å². The first-order chi connectivity index (χ1) is 13.6. The number of halogens is 1. The van der Waals surface area contributed by atoms with Crippen LogP contribution >= 0.6 is 11.6 Å². The van der Waals surface area contributed by atoms with Crippen LogP contribution in [0.2, 0.25) is 5.02 Å². The van der Waals surface area contributed by atoms with Crippen molar-refractivity contribution < 1.29 is 4.42 Å². The molecule has 7 heteroatoms. The molecule has 0 amide bonds. The van der Waals surface area contributed by atoms with Crippen molar-refractivity contribution in [1.82, 2.24) is 14.5 Å². The third-order valence-corrected chi connectivity index (χ3v) is 4.93. The number of nitrogens with zero attached hydrogens (tertiary/aromatic N) is 2. The van der Waals surface area contributed by atoms with Crippen LogP contribution in [0.25, 0.3) is 38.9 Å². The van der Waals surface area contributed by atoms with Crippen LogP contribution in [0.3, 0.4) is 0 Å². The molecule has 136 valence electrons. The second-order valence-electron chi connectivity index (χ2n) is 6.28. The van der Waals surface area contributed by atoms with E-state index in [1.165, 1.54) is 6.20 Å². The molecule has 0 saturated heterocycles. The van der Waals surface area contributed by atoms with E-state index < -0.39 is 11.2 Å². The Bertz CT molecular complexity index is 1470. The second kappa shape index (κ2) is 6.21. The lowest BCUT2D eigenvalue weighted by atomic mass is 10.1. The molecule has 6 nitrogen and oxygen atoms in total. The number of rotatable bonds is 2. The molecule has 0 unspecified atom stereocenters. The van der Waals surface area contributed by atoms with Crippen LogP contribution in [-0.4, -0.2) is 14.5 Å². The predicted octanol–water partition coefficient (Wildman–Crippen LogP) is 4.14. The number of aromatic amines is 1. The van der Waals surface area contributed by atoms with Crippen molar-refractivity contribution in [2.75, 3.05) is 0 Å². The maximum Gasteiger partial charge on any atom is 0.333 e. The number of H-pyrrole nitrogens is 1. The number of pyridine rings is 1. The van der Waals surface area contributed by atoms with E-state index in [0.29, 0.717) is 27.6 Å². The van der Waals surface area contributed by atoms with E-state index in [-0.39, 0.29) is 5.58 Å². The van der Waals surface area contributed by atoms with Crippen LogP contribution in [0.15, 0.2) is 81.0 Å². The SMILES string of the molecule is O=c1[nH]c2cc(-c3ccccc3Cl)oc2c(=O)n1-c1cncc2ccccc12. The number of hydrogen-bond donors (Lipinski definition) is 1. The van der Waals surface area contributed by atoms with Gasteiger partial charge in [0.15, 0.2) is 0 Å². The quantitative estimate of drug-likeness (QED) is 0.492. The molecule has 3 aromatic heterocycles. The number of nitrogens with one attached hydrogen (secondary N) is 1. The van der Waals surface area contributed by atoms with Crippen LogP contribution in [0.5, 0.6) is 0 Å². The van der Waals surface area contributed by atoms with Gasteiger partial charge in [-0.15, -0.1) is 0 Å². The topological polar surface area (TPSA) is 80.9 Å². The molecule has 1 N–H and O–H groups in total. The van der Waals surface area contributed by atoms with Crippen LogP contribution in [-0.2, 0) is 0 Å².